The Morgan fingerprint density at radius 2 is 1.78 bits per heavy atom. The number of anilines is 1. The second kappa shape index (κ2) is 11.8. The first kappa shape index (κ1) is 27.3. The van der Waals surface area contributed by atoms with Crippen molar-refractivity contribution in [3.05, 3.63) is 53.8 Å². The Hall–Kier alpha value is -2.74. The van der Waals surface area contributed by atoms with Gasteiger partial charge in [-0.25, -0.2) is 9.18 Å². The predicted molar refractivity (Wildman–Crippen MR) is 129 cm³/mol. The number of nitrogens with one attached hydrogen (secondary N) is 3. The molecule has 2 aromatic rings. The lowest BCUT2D eigenvalue weighted by Crippen LogP contribution is -2.41. The van der Waals surface area contributed by atoms with E-state index < -0.39 is 35.7 Å². The highest BCUT2D eigenvalue weighted by atomic mass is 32.2. The molecule has 2 aliphatic rings. The number of alkyl halides is 3. The Morgan fingerprint density at radius 1 is 1.08 bits per heavy atom. The number of thioether (sulfide) groups is 1. The highest BCUT2D eigenvalue weighted by Gasteiger charge is 2.33. The van der Waals surface area contributed by atoms with Crippen molar-refractivity contribution >= 4 is 23.5 Å². The molecule has 1 saturated carbocycles. The molecule has 3 atom stereocenters. The summed E-state index contributed by atoms with van der Waals surface area (Å²) in [7, 11) is 0. The minimum atomic E-state index is -5.01. The van der Waals surface area contributed by atoms with Gasteiger partial charge in [-0.15, -0.1) is 24.9 Å². The van der Waals surface area contributed by atoms with E-state index in [4.69, 9.17) is 4.74 Å². The maximum Gasteiger partial charge on any atom is 0.573 e. The third kappa shape index (κ3) is 8.12. The maximum absolute atomic E-state index is 13.8. The molecule has 1 heterocycles. The third-order valence-electron chi connectivity index (χ3n) is 6.06. The van der Waals surface area contributed by atoms with Crippen molar-refractivity contribution in [2.45, 2.75) is 67.7 Å². The summed E-state index contributed by atoms with van der Waals surface area (Å²) < 4.78 is 60.2. The lowest BCUT2D eigenvalue weighted by atomic mass is 9.93. The fraction of sp³-hybridized carbons (Fsp3) is 0.458. The molecular weight excluding hydrogens is 518 g/mol. The molecule has 2 aromatic carbocycles. The molecule has 0 unspecified atom stereocenters. The summed E-state index contributed by atoms with van der Waals surface area (Å²) in [4.78, 5) is 12.3. The molecule has 0 radical (unpaired) electrons. The number of carbonyl (C=O) groups excluding carboxylic acids is 1. The summed E-state index contributed by atoms with van der Waals surface area (Å²) >= 11 is 1.28. The smallest absolute Gasteiger partial charge is 0.490 e. The lowest BCUT2D eigenvalue weighted by molar-refractivity contribution is -0.275. The first-order valence-electron chi connectivity index (χ1n) is 11.7. The van der Waals surface area contributed by atoms with Crippen LogP contribution in [0.5, 0.6) is 11.5 Å². The molecule has 13 heteroatoms. The zero-order chi connectivity index (χ0) is 26.6. The van der Waals surface area contributed by atoms with Gasteiger partial charge in [0.25, 0.3) is 0 Å². The second-order valence-corrected chi connectivity index (χ2v) is 10.2. The Labute approximate surface area is 214 Å². The molecule has 4 rings (SSSR count). The molecule has 2 fully saturated rings. The van der Waals surface area contributed by atoms with Gasteiger partial charge in [0.15, 0.2) is 17.1 Å². The molecule has 2 amide bonds. The quantitative estimate of drug-likeness (QED) is 0.334. The van der Waals surface area contributed by atoms with E-state index in [0.29, 0.717) is 32.1 Å². The third-order valence-corrected chi connectivity index (χ3v) is 7.22. The number of halogens is 4. The minimum absolute atomic E-state index is 0.00142. The largest absolute Gasteiger partial charge is 0.573 e. The average molecular weight is 546 g/mol. The Balaban J connectivity index is 1.18. The number of aliphatic hydroxyl groups excluding tert-OH is 2. The minimum Gasteiger partial charge on any atom is -0.490 e. The van der Waals surface area contributed by atoms with Crippen LogP contribution in [0.3, 0.4) is 0 Å². The molecule has 0 spiro atoms. The van der Waals surface area contributed by atoms with Crippen LogP contribution in [-0.4, -0.2) is 51.8 Å². The second-order valence-electron chi connectivity index (χ2n) is 8.87. The number of carbonyl (C=O) groups is 1. The van der Waals surface area contributed by atoms with Gasteiger partial charge in [0, 0.05) is 17.8 Å². The molecular formula is C24H27F4N3O5S. The van der Waals surface area contributed by atoms with Crippen LogP contribution in [-0.2, 0) is 6.42 Å². The highest BCUT2D eigenvalue weighted by Crippen LogP contribution is 2.30. The van der Waals surface area contributed by atoms with Gasteiger partial charge < -0.3 is 30.3 Å². The van der Waals surface area contributed by atoms with Crippen LogP contribution >= 0.6 is 11.8 Å². The number of benzene rings is 2. The summed E-state index contributed by atoms with van der Waals surface area (Å²) in [5.41, 5.74) is 0.245. The van der Waals surface area contributed by atoms with Crippen molar-refractivity contribution in [3.63, 3.8) is 0 Å². The van der Waals surface area contributed by atoms with Gasteiger partial charge in [-0.2, -0.15) is 0 Å². The summed E-state index contributed by atoms with van der Waals surface area (Å²) in [6.45, 7) is 0. The number of amides is 2. The first-order chi connectivity index (χ1) is 17.5. The van der Waals surface area contributed by atoms with Gasteiger partial charge in [-0.3, -0.25) is 5.32 Å². The maximum atomic E-state index is 13.8. The topological polar surface area (TPSA) is 112 Å². The standard InChI is InChI=1S/C24H27F4N3O5S/c25-18-12-15(5-10-19(18)36-24(26,27)28)30-22(33)29-14-3-8-17(9-4-14)35-16-6-1-13(2-7-16)11-20-21(32)31-23(34)37-20/h1-2,5-7,10,12,14,17,20-21,23,31-32,34H,3-4,8-9,11H2,(H2,29,30,33)/t14?,17?,20-,21-,23-/m1/s1. The van der Waals surface area contributed by atoms with Gasteiger partial charge >= 0.3 is 12.4 Å². The van der Waals surface area contributed by atoms with E-state index in [9.17, 15) is 32.6 Å². The molecule has 202 valence electrons. The molecule has 8 nitrogen and oxygen atoms in total. The molecule has 0 bridgehead atoms. The molecule has 1 aliphatic heterocycles. The van der Waals surface area contributed by atoms with Gasteiger partial charge in [-0.05, 0) is 61.9 Å². The Bertz CT molecular complexity index is 1070. The monoisotopic (exact) mass is 545 g/mol. The molecule has 1 saturated heterocycles. The number of aliphatic hydroxyl groups is 2. The van der Waals surface area contributed by atoms with Crippen molar-refractivity contribution in [2.24, 2.45) is 0 Å². The SMILES string of the molecule is O=C(Nc1ccc(OC(F)(F)F)c(F)c1)NC1CCC(Oc2ccc(C[C@H]3S[C@@H](O)N[C@@H]3O)cc2)CC1. The van der Waals surface area contributed by atoms with E-state index in [1.165, 1.54) is 11.8 Å². The normalized spacial score (nSPS) is 25.9. The van der Waals surface area contributed by atoms with Gasteiger partial charge in [0.1, 0.15) is 12.0 Å². The van der Waals surface area contributed by atoms with Crippen molar-refractivity contribution in [2.75, 3.05) is 5.32 Å². The number of hydrogen-bond acceptors (Lipinski definition) is 7. The van der Waals surface area contributed by atoms with E-state index in [2.05, 4.69) is 20.7 Å². The molecule has 37 heavy (non-hydrogen) atoms. The van der Waals surface area contributed by atoms with Crippen LogP contribution in [0.1, 0.15) is 31.2 Å². The van der Waals surface area contributed by atoms with Crippen molar-refractivity contribution in [1.82, 2.24) is 10.6 Å². The van der Waals surface area contributed by atoms with E-state index >= 15 is 0 Å². The summed E-state index contributed by atoms with van der Waals surface area (Å²) in [5.74, 6) is -1.50. The van der Waals surface area contributed by atoms with Crippen LogP contribution < -0.4 is 25.4 Å². The average Bonchev–Trinajstić information content (AvgIpc) is 3.14. The molecule has 5 N–H and O–H groups in total. The van der Waals surface area contributed by atoms with Crippen LogP contribution in [0.15, 0.2) is 42.5 Å². The van der Waals surface area contributed by atoms with Crippen molar-refractivity contribution < 1.29 is 42.0 Å². The van der Waals surface area contributed by atoms with Crippen LogP contribution in [0.4, 0.5) is 28.0 Å². The number of rotatable bonds is 7. The summed E-state index contributed by atoms with van der Waals surface area (Å²) in [6.07, 6.45) is -2.45. The first-order valence-corrected chi connectivity index (χ1v) is 12.6. The zero-order valence-corrected chi connectivity index (χ0v) is 20.3. The number of ether oxygens (including phenoxy) is 2. The van der Waals surface area contributed by atoms with E-state index in [1.807, 2.05) is 24.3 Å². The van der Waals surface area contributed by atoms with Gasteiger partial charge in [-0.1, -0.05) is 12.1 Å². The van der Waals surface area contributed by atoms with Crippen LogP contribution in [0.25, 0.3) is 0 Å². The van der Waals surface area contributed by atoms with Gasteiger partial charge in [0.05, 0.1) is 11.4 Å². The Morgan fingerprint density at radius 3 is 2.38 bits per heavy atom. The zero-order valence-electron chi connectivity index (χ0n) is 19.5. The molecule has 0 aromatic heterocycles. The fourth-order valence-corrected chi connectivity index (χ4v) is 5.35. The number of urea groups is 1. The van der Waals surface area contributed by atoms with Crippen molar-refractivity contribution in [3.8, 4) is 11.5 Å². The predicted octanol–water partition coefficient (Wildman–Crippen LogP) is 4.08. The fourth-order valence-electron chi connectivity index (χ4n) is 4.28. The van der Waals surface area contributed by atoms with Crippen LogP contribution in [0, 0.1) is 5.82 Å². The van der Waals surface area contributed by atoms with E-state index in [1.54, 1.807) is 0 Å². The van der Waals surface area contributed by atoms with Gasteiger partial charge in [0.2, 0.25) is 0 Å². The summed E-state index contributed by atoms with van der Waals surface area (Å²) in [6, 6.07) is 9.55. The summed E-state index contributed by atoms with van der Waals surface area (Å²) in [5, 5.41) is 27.2. The lowest BCUT2D eigenvalue weighted by Gasteiger charge is -2.29. The Kier molecular flexibility index (Phi) is 8.67. The number of hydrogen-bond donors (Lipinski definition) is 5. The van der Waals surface area contributed by atoms with E-state index in [0.717, 1.165) is 29.5 Å². The van der Waals surface area contributed by atoms with E-state index in [-0.39, 0.29) is 23.1 Å². The molecule has 1 aliphatic carbocycles. The van der Waals surface area contributed by atoms with Crippen molar-refractivity contribution in [1.29, 1.82) is 0 Å². The van der Waals surface area contributed by atoms with Crippen LogP contribution in [0.2, 0.25) is 0 Å². The highest BCUT2D eigenvalue weighted by molar-refractivity contribution is 8.00.